The molecule has 0 unspecified atom stereocenters. The first-order chi connectivity index (χ1) is 17.5. The lowest BCUT2D eigenvalue weighted by atomic mass is 9.62. The van der Waals surface area contributed by atoms with Crippen molar-refractivity contribution in [1.29, 1.82) is 5.26 Å². The zero-order chi connectivity index (χ0) is 25.1. The number of imidazole rings is 1. The number of hydrogen-bond donors (Lipinski definition) is 2. The molecule has 2 aliphatic rings. The van der Waals surface area contributed by atoms with Gasteiger partial charge in [0.25, 0.3) is 0 Å². The highest BCUT2D eigenvalue weighted by Crippen LogP contribution is 2.49. The normalized spacial score (nSPS) is 18.3. The average molecular weight is 483 g/mol. The van der Waals surface area contributed by atoms with Gasteiger partial charge in [-0.25, -0.2) is 4.98 Å². The van der Waals surface area contributed by atoms with Crippen LogP contribution in [0.3, 0.4) is 0 Å². The van der Waals surface area contributed by atoms with Crippen molar-refractivity contribution in [2.45, 2.75) is 38.0 Å². The largest absolute Gasteiger partial charge is 0.490 e. The summed E-state index contributed by atoms with van der Waals surface area (Å²) in [5, 5.41) is 28.4. The fraction of sp³-hybridized carbons (Fsp3) is 0.379. The van der Waals surface area contributed by atoms with Gasteiger partial charge in [-0.3, -0.25) is 4.90 Å². The average Bonchev–Trinajstić information content (AvgIpc) is 3.33. The Hall–Kier alpha value is -3.62. The van der Waals surface area contributed by atoms with Gasteiger partial charge >= 0.3 is 0 Å². The summed E-state index contributed by atoms with van der Waals surface area (Å²) in [4.78, 5) is 6.34. The maximum Gasteiger partial charge on any atom is 0.138 e. The standard InChI is InChI=1S/C29H30N4O3/c1-21(35)28-31-13-15-33(28)25(18-34)9-4-22-2-5-23(6-3-22)24-7-10-26(11-8-24)36-27-16-29(17-27)19-32(20-29)14-12-30/h2-3,5-8,10-11,13,15,21,25,27,34-35H,14,16-20H2,1H3/t21-,25-/m0/s1. The van der Waals surface area contributed by atoms with E-state index in [1.54, 1.807) is 23.9 Å². The Kier molecular flexibility index (Phi) is 6.80. The summed E-state index contributed by atoms with van der Waals surface area (Å²) >= 11 is 0. The number of nitriles is 1. The molecule has 5 rings (SSSR count). The lowest BCUT2D eigenvalue weighted by molar-refractivity contribution is -0.114. The molecule has 2 atom stereocenters. The maximum atomic E-state index is 9.86. The van der Waals surface area contributed by atoms with Crippen molar-refractivity contribution in [1.82, 2.24) is 14.5 Å². The molecule has 3 aromatic rings. The molecular formula is C29H30N4O3. The van der Waals surface area contributed by atoms with Crippen LogP contribution in [0.4, 0.5) is 0 Å². The molecule has 7 nitrogen and oxygen atoms in total. The van der Waals surface area contributed by atoms with Crippen LogP contribution < -0.4 is 4.74 Å². The van der Waals surface area contributed by atoms with E-state index in [0.29, 0.717) is 17.8 Å². The maximum absolute atomic E-state index is 9.86. The van der Waals surface area contributed by atoms with Gasteiger partial charge in [0.05, 0.1) is 25.3 Å². The van der Waals surface area contributed by atoms with Gasteiger partial charge in [0.2, 0.25) is 0 Å². The molecule has 2 fully saturated rings. The smallest absolute Gasteiger partial charge is 0.138 e. The highest BCUT2D eigenvalue weighted by Gasteiger charge is 2.53. The molecule has 1 saturated carbocycles. The van der Waals surface area contributed by atoms with Crippen molar-refractivity contribution in [3.05, 3.63) is 72.3 Å². The predicted octanol–water partition coefficient (Wildman–Crippen LogP) is 3.56. The molecule has 2 N–H and O–H groups in total. The van der Waals surface area contributed by atoms with E-state index in [0.717, 1.165) is 48.4 Å². The minimum absolute atomic E-state index is 0.170. The SMILES string of the molecule is C[C@H](O)c1nccn1[C@@H](C#Cc1ccc(-c2ccc(OC3CC4(C3)CN(CC#N)C4)cc2)cc1)CO. The quantitative estimate of drug-likeness (QED) is 0.395. The Bertz CT molecular complexity index is 1280. The third-order valence-corrected chi connectivity index (χ3v) is 7.07. The molecule has 1 aliphatic heterocycles. The molecule has 184 valence electrons. The Morgan fingerprint density at radius 2 is 1.78 bits per heavy atom. The van der Waals surface area contributed by atoms with Crippen LogP contribution in [0.15, 0.2) is 60.9 Å². The van der Waals surface area contributed by atoms with E-state index < -0.39 is 12.1 Å². The number of ether oxygens (including phenoxy) is 1. The molecule has 2 aromatic carbocycles. The molecule has 1 saturated heterocycles. The van der Waals surface area contributed by atoms with E-state index in [1.165, 1.54) is 0 Å². The van der Waals surface area contributed by atoms with Crippen LogP contribution in [-0.2, 0) is 0 Å². The van der Waals surface area contributed by atoms with Gasteiger partial charge in [0.1, 0.15) is 23.7 Å². The van der Waals surface area contributed by atoms with Crippen LogP contribution in [-0.4, -0.2) is 57.0 Å². The Labute approximate surface area is 211 Å². The third kappa shape index (κ3) is 5.01. The highest BCUT2D eigenvalue weighted by atomic mass is 16.5. The topological polar surface area (TPSA) is 94.5 Å². The Morgan fingerprint density at radius 3 is 2.39 bits per heavy atom. The van der Waals surface area contributed by atoms with E-state index in [-0.39, 0.29) is 12.7 Å². The number of rotatable bonds is 7. The number of likely N-dealkylation sites (tertiary alicyclic amines) is 1. The fourth-order valence-corrected chi connectivity index (χ4v) is 5.31. The zero-order valence-electron chi connectivity index (χ0n) is 20.3. The fourth-order valence-electron chi connectivity index (χ4n) is 5.31. The first kappa shape index (κ1) is 24.1. The number of aromatic nitrogens is 2. The van der Waals surface area contributed by atoms with Gasteiger partial charge in [-0.1, -0.05) is 36.1 Å². The van der Waals surface area contributed by atoms with Crippen molar-refractivity contribution < 1.29 is 14.9 Å². The number of aliphatic hydroxyl groups excluding tert-OH is 2. The number of nitrogens with zero attached hydrogens (tertiary/aromatic N) is 4. The molecule has 36 heavy (non-hydrogen) atoms. The number of hydrogen-bond acceptors (Lipinski definition) is 6. The van der Waals surface area contributed by atoms with Crippen LogP contribution in [0.25, 0.3) is 11.1 Å². The minimum atomic E-state index is -0.735. The summed E-state index contributed by atoms with van der Waals surface area (Å²) in [6.07, 6.45) is 4.98. The second-order valence-corrected chi connectivity index (χ2v) is 9.89. The summed E-state index contributed by atoms with van der Waals surface area (Å²) in [5.74, 6) is 7.57. The minimum Gasteiger partial charge on any atom is -0.490 e. The summed E-state index contributed by atoms with van der Waals surface area (Å²) in [6.45, 7) is 4.04. The van der Waals surface area contributed by atoms with Crippen molar-refractivity contribution in [2.75, 3.05) is 26.2 Å². The molecule has 7 heteroatoms. The summed E-state index contributed by atoms with van der Waals surface area (Å²) in [7, 11) is 0. The first-order valence-corrected chi connectivity index (χ1v) is 12.3. The Balaban J connectivity index is 1.17. The van der Waals surface area contributed by atoms with Crippen LogP contribution in [0.1, 0.15) is 43.3 Å². The molecule has 0 amide bonds. The van der Waals surface area contributed by atoms with Crippen molar-refractivity contribution in [3.8, 4) is 34.8 Å². The zero-order valence-corrected chi connectivity index (χ0v) is 20.3. The summed E-state index contributed by atoms with van der Waals surface area (Å²) in [5.41, 5.74) is 3.42. The van der Waals surface area contributed by atoms with Crippen LogP contribution in [0.5, 0.6) is 5.75 Å². The number of aliphatic hydroxyl groups is 2. The molecule has 0 radical (unpaired) electrons. The van der Waals surface area contributed by atoms with Crippen molar-refractivity contribution >= 4 is 0 Å². The van der Waals surface area contributed by atoms with Gasteiger partial charge in [-0.15, -0.1) is 0 Å². The lowest BCUT2D eigenvalue weighted by Crippen LogP contribution is -2.64. The van der Waals surface area contributed by atoms with Gasteiger partial charge in [0.15, 0.2) is 0 Å². The van der Waals surface area contributed by atoms with Gasteiger partial charge in [0, 0.05) is 36.5 Å². The van der Waals surface area contributed by atoms with E-state index in [9.17, 15) is 10.2 Å². The lowest BCUT2D eigenvalue weighted by Gasteiger charge is -2.58. The monoisotopic (exact) mass is 482 g/mol. The predicted molar refractivity (Wildman–Crippen MR) is 136 cm³/mol. The van der Waals surface area contributed by atoms with E-state index >= 15 is 0 Å². The second-order valence-electron chi connectivity index (χ2n) is 9.89. The molecule has 1 aliphatic carbocycles. The molecule has 1 aromatic heterocycles. The van der Waals surface area contributed by atoms with Crippen LogP contribution in [0, 0.1) is 28.6 Å². The summed E-state index contributed by atoms with van der Waals surface area (Å²) < 4.78 is 7.86. The first-order valence-electron chi connectivity index (χ1n) is 12.3. The van der Waals surface area contributed by atoms with Crippen molar-refractivity contribution in [3.63, 3.8) is 0 Å². The summed E-state index contributed by atoms with van der Waals surface area (Å²) in [6, 6.07) is 17.9. The van der Waals surface area contributed by atoms with Crippen molar-refractivity contribution in [2.24, 2.45) is 5.41 Å². The van der Waals surface area contributed by atoms with E-state index in [1.807, 2.05) is 36.4 Å². The van der Waals surface area contributed by atoms with Gasteiger partial charge in [-0.2, -0.15) is 5.26 Å². The third-order valence-electron chi connectivity index (χ3n) is 7.07. The number of benzene rings is 2. The molecule has 1 spiro atoms. The molecule has 0 bridgehead atoms. The van der Waals surface area contributed by atoms with Crippen LogP contribution >= 0.6 is 0 Å². The van der Waals surface area contributed by atoms with E-state index in [2.05, 4.69) is 39.9 Å². The van der Waals surface area contributed by atoms with Crippen LogP contribution in [0.2, 0.25) is 0 Å². The molecule has 2 heterocycles. The van der Waals surface area contributed by atoms with Gasteiger partial charge in [-0.05, 0) is 55.2 Å². The van der Waals surface area contributed by atoms with E-state index in [4.69, 9.17) is 10.00 Å². The highest BCUT2D eigenvalue weighted by molar-refractivity contribution is 5.65. The van der Waals surface area contributed by atoms with Gasteiger partial charge < -0.3 is 19.5 Å². The Morgan fingerprint density at radius 1 is 1.11 bits per heavy atom. The second kappa shape index (κ2) is 10.2. The molecular weight excluding hydrogens is 452 g/mol.